The summed E-state index contributed by atoms with van der Waals surface area (Å²) in [4.78, 5) is 14.5. The molecule has 1 N–H and O–H groups in total. The molecule has 4 nitrogen and oxygen atoms in total. The fourth-order valence-electron chi connectivity index (χ4n) is 2.76. The number of methoxy groups -OCH3 is 1. The molecule has 0 aliphatic carbocycles. The van der Waals surface area contributed by atoms with Gasteiger partial charge in [-0.05, 0) is 48.9 Å². The zero-order valence-electron chi connectivity index (χ0n) is 13.3. The number of nitrogens with zero attached hydrogens (tertiary/aromatic N) is 1. The summed E-state index contributed by atoms with van der Waals surface area (Å²) in [7, 11) is 1.73. The van der Waals surface area contributed by atoms with Gasteiger partial charge in [0.25, 0.3) is 5.91 Å². The number of halogens is 2. The van der Waals surface area contributed by atoms with E-state index in [0.717, 1.165) is 25.2 Å². The van der Waals surface area contributed by atoms with Crippen LogP contribution in [0.1, 0.15) is 16.8 Å². The van der Waals surface area contributed by atoms with E-state index in [1.54, 1.807) is 19.2 Å². The van der Waals surface area contributed by atoms with Crippen molar-refractivity contribution >= 4 is 28.9 Å². The van der Waals surface area contributed by atoms with Gasteiger partial charge in [0, 0.05) is 37.1 Å². The zero-order chi connectivity index (χ0) is 17.1. The highest BCUT2D eigenvalue weighted by Gasteiger charge is 2.22. The van der Waals surface area contributed by atoms with Gasteiger partial charge in [-0.3, -0.25) is 4.79 Å². The molecule has 3 rings (SSSR count). The lowest BCUT2D eigenvalue weighted by Gasteiger charge is -2.18. The average molecular weight is 349 g/mol. The maximum atomic E-state index is 13.1. The number of benzene rings is 2. The number of hydrogen-bond acceptors (Lipinski definition) is 3. The van der Waals surface area contributed by atoms with Crippen LogP contribution in [0.3, 0.4) is 0 Å². The van der Waals surface area contributed by atoms with E-state index in [2.05, 4.69) is 10.2 Å². The van der Waals surface area contributed by atoms with Crippen molar-refractivity contribution in [2.75, 3.05) is 30.4 Å². The lowest BCUT2D eigenvalue weighted by molar-refractivity contribution is 0.102. The molecule has 126 valence electrons. The van der Waals surface area contributed by atoms with Crippen molar-refractivity contribution in [1.82, 2.24) is 0 Å². The lowest BCUT2D eigenvalue weighted by atomic mass is 10.1. The Morgan fingerprint density at radius 2 is 2.04 bits per heavy atom. The molecule has 1 atom stereocenters. The molecule has 2 aromatic rings. The van der Waals surface area contributed by atoms with E-state index in [4.69, 9.17) is 16.3 Å². The molecule has 0 aromatic heterocycles. The van der Waals surface area contributed by atoms with E-state index in [1.165, 1.54) is 18.2 Å². The smallest absolute Gasteiger partial charge is 0.255 e. The zero-order valence-corrected chi connectivity index (χ0v) is 14.0. The standard InChI is InChI=1S/C18H18ClFN2O2/c1-24-15-8-9-22(11-15)14-5-2-12(3-6-14)18(23)21-13-4-7-17(20)16(19)10-13/h2-7,10,15H,8-9,11H2,1H3,(H,21,23). The highest BCUT2D eigenvalue weighted by molar-refractivity contribution is 6.31. The summed E-state index contributed by atoms with van der Waals surface area (Å²) in [6.07, 6.45) is 1.26. The molecule has 1 aliphatic heterocycles. The Hall–Kier alpha value is -2.11. The van der Waals surface area contributed by atoms with E-state index in [9.17, 15) is 9.18 Å². The molecule has 1 amide bonds. The molecule has 0 spiro atoms. The summed E-state index contributed by atoms with van der Waals surface area (Å²) in [5.41, 5.74) is 2.05. The van der Waals surface area contributed by atoms with Gasteiger partial charge in [-0.25, -0.2) is 4.39 Å². The van der Waals surface area contributed by atoms with Crippen LogP contribution in [-0.2, 0) is 4.74 Å². The summed E-state index contributed by atoms with van der Waals surface area (Å²) < 4.78 is 18.5. The maximum absolute atomic E-state index is 13.1. The highest BCUT2D eigenvalue weighted by Crippen LogP contribution is 2.23. The van der Waals surface area contributed by atoms with Crippen molar-refractivity contribution in [1.29, 1.82) is 0 Å². The molecule has 6 heteroatoms. The van der Waals surface area contributed by atoms with Gasteiger partial charge in [-0.1, -0.05) is 11.6 Å². The van der Waals surface area contributed by atoms with Gasteiger partial charge in [0.2, 0.25) is 0 Å². The minimum Gasteiger partial charge on any atom is -0.380 e. The monoisotopic (exact) mass is 348 g/mol. The van der Waals surface area contributed by atoms with E-state index in [0.29, 0.717) is 11.3 Å². The van der Waals surface area contributed by atoms with Crippen LogP contribution in [-0.4, -0.2) is 32.2 Å². The molecule has 1 aliphatic rings. The number of carbonyl (C=O) groups is 1. The highest BCUT2D eigenvalue weighted by atomic mass is 35.5. The quantitative estimate of drug-likeness (QED) is 0.909. The van der Waals surface area contributed by atoms with Gasteiger partial charge in [-0.2, -0.15) is 0 Å². The molecule has 1 heterocycles. The minimum atomic E-state index is -0.515. The lowest BCUT2D eigenvalue weighted by Crippen LogP contribution is -2.22. The molecule has 1 saturated heterocycles. The van der Waals surface area contributed by atoms with Crippen LogP contribution >= 0.6 is 11.6 Å². The number of hydrogen-bond donors (Lipinski definition) is 1. The summed E-state index contributed by atoms with van der Waals surface area (Å²) >= 11 is 5.72. The fraction of sp³-hybridized carbons (Fsp3) is 0.278. The number of carbonyl (C=O) groups excluding carboxylic acids is 1. The predicted molar refractivity (Wildman–Crippen MR) is 93.4 cm³/mol. The number of rotatable bonds is 4. The second-order valence-corrected chi connectivity index (χ2v) is 6.13. The largest absolute Gasteiger partial charge is 0.380 e. The average Bonchev–Trinajstić information content (AvgIpc) is 3.07. The SMILES string of the molecule is COC1CCN(c2ccc(C(=O)Nc3ccc(F)c(Cl)c3)cc2)C1. The van der Waals surface area contributed by atoms with E-state index < -0.39 is 5.82 Å². The van der Waals surface area contributed by atoms with Crippen molar-refractivity contribution in [2.24, 2.45) is 0 Å². The van der Waals surface area contributed by atoms with Crippen LogP contribution in [0.25, 0.3) is 0 Å². The van der Waals surface area contributed by atoms with Crippen molar-refractivity contribution in [2.45, 2.75) is 12.5 Å². The van der Waals surface area contributed by atoms with Gasteiger partial charge in [-0.15, -0.1) is 0 Å². The van der Waals surface area contributed by atoms with E-state index >= 15 is 0 Å². The Kier molecular flexibility index (Phi) is 5.02. The Morgan fingerprint density at radius 3 is 2.67 bits per heavy atom. The fourth-order valence-corrected chi connectivity index (χ4v) is 2.94. The van der Waals surface area contributed by atoms with Crippen LogP contribution in [0.2, 0.25) is 5.02 Å². The van der Waals surface area contributed by atoms with Crippen LogP contribution in [0.15, 0.2) is 42.5 Å². The van der Waals surface area contributed by atoms with Gasteiger partial charge in [0.05, 0.1) is 11.1 Å². The van der Waals surface area contributed by atoms with Crippen LogP contribution in [0, 0.1) is 5.82 Å². The van der Waals surface area contributed by atoms with Crippen LogP contribution < -0.4 is 10.2 Å². The Balaban J connectivity index is 1.66. The van der Waals surface area contributed by atoms with Gasteiger partial charge in [0.15, 0.2) is 0 Å². The van der Waals surface area contributed by atoms with Crippen LogP contribution in [0.5, 0.6) is 0 Å². The van der Waals surface area contributed by atoms with Crippen molar-refractivity contribution < 1.29 is 13.9 Å². The first-order chi connectivity index (χ1) is 11.6. The molecule has 0 saturated carbocycles. The van der Waals surface area contributed by atoms with E-state index in [-0.39, 0.29) is 17.0 Å². The summed E-state index contributed by atoms with van der Waals surface area (Å²) in [5, 5.41) is 2.68. The molecular formula is C18H18ClFN2O2. The first kappa shape index (κ1) is 16.7. The van der Waals surface area contributed by atoms with Crippen molar-refractivity contribution in [3.8, 4) is 0 Å². The Labute approximate surface area is 145 Å². The molecule has 0 radical (unpaired) electrons. The molecule has 1 fully saturated rings. The van der Waals surface area contributed by atoms with E-state index in [1.807, 2.05) is 12.1 Å². The van der Waals surface area contributed by atoms with Gasteiger partial charge in [0.1, 0.15) is 5.82 Å². The van der Waals surface area contributed by atoms with Crippen molar-refractivity contribution in [3.05, 3.63) is 58.9 Å². The summed E-state index contributed by atoms with van der Waals surface area (Å²) in [6.45, 7) is 1.80. The molecular weight excluding hydrogens is 331 g/mol. The van der Waals surface area contributed by atoms with Gasteiger partial charge >= 0.3 is 0 Å². The molecule has 1 unspecified atom stereocenters. The number of ether oxygens (including phenoxy) is 1. The Morgan fingerprint density at radius 1 is 1.29 bits per heavy atom. The third kappa shape index (κ3) is 3.68. The number of anilines is 2. The van der Waals surface area contributed by atoms with Crippen LogP contribution in [0.4, 0.5) is 15.8 Å². The topological polar surface area (TPSA) is 41.6 Å². The third-order valence-corrected chi connectivity index (χ3v) is 4.44. The van der Waals surface area contributed by atoms with Gasteiger partial charge < -0.3 is 15.0 Å². The second-order valence-electron chi connectivity index (χ2n) is 5.72. The molecule has 2 aromatic carbocycles. The minimum absolute atomic E-state index is 0.0233. The predicted octanol–water partition coefficient (Wildman–Crippen LogP) is 3.96. The summed E-state index contributed by atoms with van der Waals surface area (Å²) in [6, 6.07) is 11.5. The normalized spacial score (nSPS) is 17.1. The molecule has 24 heavy (non-hydrogen) atoms. The molecule has 0 bridgehead atoms. The Bertz CT molecular complexity index is 736. The van der Waals surface area contributed by atoms with Crippen molar-refractivity contribution in [3.63, 3.8) is 0 Å². The number of amides is 1. The first-order valence-corrected chi connectivity index (χ1v) is 8.09. The first-order valence-electron chi connectivity index (χ1n) is 7.71. The maximum Gasteiger partial charge on any atom is 0.255 e. The third-order valence-electron chi connectivity index (χ3n) is 4.15. The summed E-state index contributed by atoms with van der Waals surface area (Å²) in [5.74, 6) is -0.778. The second kappa shape index (κ2) is 7.20. The number of nitrogens with one attached hydrogen (secondary N) is 1.